The minimum atomic E-state index is -3.47. The quantitative estimate of drug-likeness (QED) is 0.878. The number of amides is 1. The highest BCUT2D eigenvalue weighted by Gasteiger charge is 2.32. The van der Waals surface area contributed by atoms with Crippen molar-refractivity contribution in [2.75, 3.05) is 26.2 Å². The first kappa shape index (κ1) is 17.4. The monoisotopic (exact) mass is 351 g/mol. The minimum Gasteiger partial charge on any atom is -0.340 e. The van der Waals surface area contributed by atoms with Crippen molar-refractivity contribution in [3.63, 3.8) is 0 Å². The van der Waals surface area contributed by atoms with Gasteiger partial charge in [-0.2, -0.15) is 4.31 Å². The Labute approximate surface area is 143 Å². The molecule has 0 unspecified atom stereocenters. The summed E-state index contributed by atoms with van der Waals surface area (Å²) >= 11 is 0. The van der Waals surface area contributed by atoms with E-state index in [1.807, 2.05) is 0 Å². The van der Waals surface area contributed by atoms with Gasteiger partial charge in [0.2, 0.25) is 15.9 Å². The number of nitrogens with two attached hydrogens (primary N) is 1. The van der Waals surface area contributed by atoms with Gasteiger partial charge < -0.3 is 10.6 Å². The van der Waals surface area contributed by atoms with Gasteiger partial charge in [-0.1, -0.05) is 24.6 Å². The second-order valence-electron chi connectivity index (χ2n) is 6.66. The molecule has 7 heteroatoms. The van der Waals surface area contributed by atoms with Crippen molar-refractivity contribution in [3.05, 3.63) is 30.3 Å². The molecule has 3 rings (SSSR count). The molecule has 1 saturated carbocycles. The number of hydrogen-bond donors (Lipinski definition) is 1. The molecular weight excluding hydrogens is 326 g/mol. The van der Waals surface area contributed by atoms with Crippen molar-refractivity contribution in [1.29, 1.82) is 0 Å². The van der Waals surface area contributed by atoms with E-state index in [-0.39, 0.29) is 17.9 Å². The van der Waals surface area contributed by atoms with Gasteiger partial charge in [0.05, 0.1) is 4.90 Å². The summed E-state index contributed by atoms with van der Waals surface area (Å²) in [5.41, 5.74) is 6.04. The summed E-state index contributed by atoms with van der Waals surface area (Å²) in [6.07, 6.45) is 3.62. The molecule has 1 amide bonds. The Morgan fingerprint density at radius 2 is 1.75 bits per heavy atom. The minimum absolute atomic E-state index is 0.106. The Morgan fingerprint density at radius 3 is 2.33 bits per heavy atom. The topological polar surface area (TPSA) is 83.7 Å². The number of carbonyl (C=O) groups is 1. The maximum Gasteiger partial charge on any atom is 0.243 e. The summed E-state index contributed by atoms with van der Waals surface area (Å²) in [5, 5.41) is 0. The normalized spacial score (nSPS) is 25.8. The number of piperazine rings is 1. The van der Waals surface area contributed by atoms with E-state index in [1.54, 1.807) is 35.2 Å². The van der Waals surface area contributed by atoms with Gasteiger partial charge in [-0.25, -0.2) is 8.42 Å². The third-order valence-corrected chi connectivity index (χ3v) is 7.04. The van der Waals surface area contributed by atoms with E-state index in [0.29, 0.717) is 37.5 Å². The third kappa shape index (κ3) is 3.63. The number of benzene rings is 1. The second kappa shape index (κ2) is 7.21. The molecule has 1 aromatic rings. The number of carbonyl (C=O) groups excluding carboxylic acids is 1. The van der Waals surface area contributed by atoms with Crippen molar-refractivity contribution >= 4 is 15.9 Å². The highest BCUT2D eigenvalue weighted by atomic mass is 32.2. The number of nitrogens with zero attached hydrogens (tertiary/aromatic N) is 2. The Morgan fingerprint density at radius 1 is 1.08 bits per heavy atom. The molecule has 2 atom stereocenters. The first-order valence-electron chi connectivity index (χ1n) is 8.57. The van der Waals surface area contributed by atoms with Crippen LogP contribution in [0.1, 0.15) is 25.7 Å². The molecule has 1 aliphatic carbocycles. The van der Waals surface area contributed by atoms with Crippen LogP contribution in [-0.4, -0.2) is 55.8 Å². The summed E-state index contributed by atoms with van der Waals surface area (Å²) in [5.74, 6) is 0.387. The molecular formula is C17H25N3O3S. The standard InChI is InChI=1S/C17H25N3O3S/c18-16-8-4-5-14(16)13-17(21)19-9-11-20(12-10-19)24(22,23)15-6-2-1-3-7-15/h1-3,6-7,14,16H,4-5,8-13,18H2/t14-,16+/m0/s1. The van der Waals surface area contributed by atoms with E-state index in [4.69, 9.17) is 5.73 Å². The molecule has 132 valence electrons. The van der Waals surface area contributed by atoms with E-state index in [0.717, 1.165) is 19.3 Å². The summed E-state index contributed by atoms with van der Waals surface area (Å²) < 4.78 is 26.6. The Hall–Kier alpha value is -1.44. The largest absolute Gasteiger partial charge is 0.340 e. The zero-order chi connectivity index (χ0) is 17.2. The summed E-state index contributed by atoms with van der Waals surface area (Å²) in [4.78, 5) is 14.5. The van der Waals surface area contributed by atoms with Crippen LogP contribution >= 0.6 is 0 Å². The van der Waals surface area contributed by atoms with Crippen molar-refractivity contribution in [3.8, 4) is 0 Å². The van der Waals surface area contributed by atoms with Crippen LogP contribution in [0.3, 0.4) is 0 Å². The number of sulfonamides is 1. The zero-order valence-corrected chi connectivity index (χ0v) is 14.6. The lowest BCUT2D eigenvalue weighted by molar-refractivity contribution is -0.133. The average Bonchev–Trinajstić information content (AvgIpc) is 3.00. The Kier molecular flexibility index (Phi) is 5.22. The van der Waals surface area contributed by atoms with E-state index in [1.165, 1.54) is 4.31 Å². The predicted molar refractivity (Wildman–Crippen MR) is 91.7 cm³/mol. The molecule has 0 radical (unpaired) electrons. The van der Waals surface area contributed by atoms with Crippen LogP contribution in [0.4, 0.5) is 0 Å². The lowest BCUT2D eigenvalue weighted by Gasteiger charge is -2.34. The summed E-state index contributed by atoms with van der Waals surface area (Å²) in [6, 6.07) is 8.58. The molecule has 1 heterocycles. The smallest absolute Gasteiger partial charge is 0.243 e. The van der Waals surface area contributed by atoms with Gasteiger partial charge in [-0.3, -0.25) is 4.79 Å². The first-order chi connectivity index (χ1) is 11.5. The Balaban J connectivity index is 1.56. The summed E-state index contributed by atoms with van der Waals surface area (Å²) in [6.45, 7) is 1.60. The molecule has 2 N–H and O–H groups in total. The van der Waals surface area contributed by atoms with E-state index in [9.17, 15) is 13.2 Å². The van der Waals surface area contributed by atoms with Gasteiger partial charge in [-0.05, 0) is 30.9 Å². The lowest BCUT2D eigenvalue weighted by atomic mass is 9.99. The molecule has 2 aliphatic rings. The Bertz CT molecular complexity index is 670. The van der Waals surface area contributed by atoms with Crippen LogP contribution in [0.5, 0.6) is 0 Å². The summed E-state index contributed by atoms with van der Waals surface area (Å²) in [7, 11) is -3.47. The van der Waals surface area contributed by atoms with E-state index in [2.05, 4.69) is 0 Å². The fraction of sp³-hybridized carbons (Fsp3) is 0.588. The number of rotatable bonds is 4. The van der Waals surface area contributed by atoms with Gasteiger partial charge in [0.1, 0.15) is 0 Å². The molecule has 0 bridgehead atoms. The SMILES string of the molecule is N[C@@H]1CCC[C@H]1CC(=O)N1CCN(S(=O)(=O)c2ccccc2)CC1. The van der Waals surface area contributed by atoms with E-state index < -0.39 is 10.0 Å². The zero-order valence-electron chi connectivity index (χ0n) is 13.8. The van der Waals surface area contributed by atoms with Crippen molar-refractivity contribution in [1.82, 2.24) is 9.21 Å². The molecule has 0 spiro atoms. The van der Waals surface area contributed by atoms with Gasteiger partial charge in [0.25, 0.3) is 0 Å². The van der Waals surface area contributed by atoms with Crippen LogP contribution in [-0.2, 0) is 14.8 Å². The first-order valence-corrected chi connectivity index (χ1v) is 10.0. The van der Waals surface area contributed by atoms with Crippen LogP contribution in [0.25, 0.3) is 0 Å². The van der Waals surface area contributed by atoms with Crippen molar-refractivity contribution in [2.45, 2.75) is 36.6 Å². The van der Waals surface area contributed by atoms with E-state index >= 15 is 0 Å². The highest BCUT2D eigenvalue weighted by Crippen LogP contribution is 2.27. The third-order valence-electron chi connectivity index (χ3n) is 5.13. The molecule has 1 aromatic carbocycles. The predicted octanol–water partition coefficient (Wildman–Crippen LogP) is 1.04. The highest BCUT2D eigenvalue weighted by molar-refractivity contribution is 7.89. The molecule has 1 saturated heterocycles. The van der Waals surface area contributed by atoms with Crippen molar-refractivity contribution in [2.24, 2.45) is 11.7 Å². The molecule has 2 fully saturated rings. The fourth-order valence-corrected chi connectivity index (χ4v) is 5.03. The van der Waals surface area contributed by atoms with Crippen LogP contribution in [0.2, 0.25) is 0 Å². The van der Waals surface area contributed by atoms with Gasteiger partial charge >= 0.3 is 0 Å². The second-order valence-corrected chi connectivity index (χ2v) is 8.59. The number of hydrogen-bond acceptors (Lipinski definition) is 4. The fourth-order valence-electron chi connectivity index (χ4n) is 3.59. The molecule has 6 nitrogen and oxygen atoms in total. The maximum absolute atomic E-state index is 12.6. The van der Waals surface area contributed by atoms with Crippen LogP contribution < -0.4 is 5.73 Å². The van der Waals surface area contributed by atoms with Crippen LogP contribution in [0.15, 0.2) is 35.2 Å². The van der Waals surface area contributed by atoms with Crippen LogP contribution in [0, 0.1) is 5.92 Å². The average molecular weight is 351 g/mol. The molecule has 0 aromatic heterocycles. The lowest BCUT2D eigenvalue weighted by Crippen LogP contribution is -2.51. The van der Waals surface area contributed by atoms with Gasteiger partial charge in [-0.15, -0.1) is 0 Å². The van der Waals surface area contributed by atoms with Crippen molar-refractivity contribution < 1.29 is 13.2 Å². The van der Waals surface area contributed by atoms with Gasteiger partial charge in [0.15, 0.2) is 0 Å². The molecule has 24 heavy (non-hydrogen) atoms. The molecule has 1 aliphatic heterocycles. The maximum atomic E-state index is 12.6. The van der Waals surface area contributed by atoms with Gasteiger partial charge in [0, 0.05) is 38.6 Å².